The summed E-state index contributed by atoms with van der Waals surface area (Å²) in [6.45, 7) is 19.3. The Bertz CT molecular complexity index is 979. The molecule has 5 aliphatic rings. The van der Waals surface area contributed by atoms with Crippen LogP contribution in [0.15, 0.2) is 0 Å². The Balaban J connectivity index is 1.47. The van der Waals surface area contributed by atoms with Crippen molar-refractivity contribution in [3.8, 4) is 0 Å². The van der Waals surface area contributed by atoms with Gasteiger partial charge in [0.25, 0.3) is 5.09 Å². The van der Waals surface area contributed by atoms with E-state index < -0.39 is 5.09 Å². The third kappa shape index (κ3) is 4.18. The average molecular weight is 546 g/mol. The van der Waals surface area contributed by atoms with Crippen molar-refractivity contribution in [3.63, 3.8) is 0 Å². The molecule has 0 bridgehead atoms. The molecule has 0 amide bonds. The summed E-state index contributed by atoms with van der Waals surface area (Å²) in [4.78, 5) is 27.9. The maximum atomic E-state index is 11.9. The molecule has 5 fully saturated rings. The summed E-state index contributed by atoms with van der Waals surface area (Å²) in [5, 5.41) is 10.4. The molecular weight excluding hydrogens is 490 g/mol. The van der Waals surface area contributed by atoms with Gasteiger partial charge in [-0.2, -0.15) is 0 Å². The van der Waals surface area contributed by atoms with Crippen LogP contribution in [0.5, 0.6) is 0 Å². The Morgan fingerprint density at radius 3 is 2.26 bits per heavy atom. The minimum atomic E-state index is -0.601. The summed E-state index contributed by atoms with van der Waals surface area (Å²) in [6, 6.07) is 0. The maximum Gasteiger partial charge on any atom is 0.302 e. The van der Waals surface area contributed by atoms with Crippen LogP contribution in [0.1, 0.15) is 126 Å². The van der Waals surface area contributed by atoms with E-state index >= 15 is 0 Å². The van der Waals surface area contributed by atoms with E-state index in [0.717, 1.165) is 19.3 Å². The Hall–Kier alpha value is -1.33. The highest BCUT2D eigenvalue weighted by atomic mass is 16.9. The predicted molar refractivity (Wildman–Crippen MR) is 152 cm³/mol. The number of esters is 1. The first-order valence-corrected chi connectivity index (χ1v) is 16.1. The number of hydrogen-bond donors (Lipinski definition) is 0. The molecule has 39 heavy (non-hydrogen) atoms. The lowest BCUT2D eigenvalue weighted by molar-refractivity contribution is -0.758. The summed E-state index contributed by atoms with van der Waals surface area (Å²) in [5.41, 5.74) is 1.03. The molecular formula is C33H55NO5. The zero-order valence-corrected chi connectivity index (χ0v) is 26.0. The first-order valence-electron chi connectivity index (χ1n) is 16.1. The van der Waals surface area contributed by atoms with E-state index in [1.807, 2.05) is 0 Å². The summed E-state index contributed by atoms with van der Waals surface area (Å²) in [7, 11) is 0. The highest BCUT2D eigenvalue weighted by molar-refractivity contribution is 5.66. The van der Waals surface area contributed by atoms with Gasteiger partial charge < -0.3 is 9.57 Å². The van der Waals surface area contributed by atoms with Crippen LogP contribution in [-0.4, -0.2) is 23.8 Å². The monoisotopic (exact) mass is 545 g/mol. The fraction of sp³-hybridized carbons (Fsp3) is 0.970. The number of hydrogen-bond acceptors (Lipinski definition) is 5. The third-order valence-electron chi connectivity index (χ3n) is 14.6. The van der Waals surface area contributed by atoms with Crippen LogP contribution in [0.25, 0.3) is 0 Å². The minimum absolute atomic E-state index is 0.00925. The van der Waals surface area contributed by atoms with Gasteiger partial charge in [-0.1, -0.05) is 48.5 Å². The quantitative estimate of drug-likeness (QED) is 0.191. The Morgan fingerprint density at radius 1 is 0.897 bits per heavy atom. The number of nitrogens with zero attached hydrogens (tertiary/aromatic N) is 1. The van der Waals surface area contributed by atoms with Crippen LogP contribution in [0.2, 0.25) is 0 Å². The van der Waals surface area contributed by atoms with E-state index in [0.29, 0.717) is 40.9 Å². The predicted octanol–water partition coefficient (Wildman–Crippen LogP) is 8.25. The molecule has 0 aromatic carbocycles. The van der Waals surface area contributed by atoms with Crippen LogP contribution < -0.4 is 0 Å². The first-order chi connectivity index (χ1) is 18.1. The fourth-order valence-electron chi connectivity index (χ4n) is 12.7. The highest BCUT2D eigenvalue weighted by Crippen LogP contribution is 2.78. The van der Waals surface area contributed by atoms with Crippen LogP contribution in [0.3, 0.4) is 0 Å². The van der Waals surface area contributed by atoms with Gasteiger partial charge in [0.1, 0.15) is 6.10 Å². The SMILES string of the molecule is CC(=O)O[C@@H]1CC[C@]2(C)[C@H](CC[C@@]3(C)[C@H]2CC[C@@H]2[C@H]4[C@@H](C(C)C)CC[C@@]4(CCO[N+](=O)[O-])CC[C@]23C)C1(C)C. The van der Waals surface area contributed by atoms with Crippen molar-refractivity contribution >= 4 is 5.97 Å². The highest BCUT2D eigenvalue weighted by Gasteiger charge is 2.71. The van der Waals surface area contributed by atoms with Gasteiger partial charge in [0, 0.05) is 12.3 Å². The van der Waals surface area contributed by atoms with Crippen LogP contribution in [0, 0.1) is 72.7 Å². The van der Waals surface area contributed by atoms with E-state index in [9.17, 15) is 14.9 Å². The van der Waals surface area contributed by atoms with Crippen molar-refractivity contribution in [1.82, 2.24) is 0 Å². The molecule has 6 heteroatoms. The van der Waals surface area contributed by atoms with Gasteiger partial charge in [0.2, 0.25) is 0 Å². The summed E-state index contributed by atoms with van der Waals surface area (Å²) in [5.74, 6) is 3.79. The molecule has 0 unspecified atom stereocenters. The van der Waals surface area contributed by atoms with Gasteiger partial charge in [0.15, 0.2) is 0 Å². The fourth-order valence-corrected chi connectivity index (χ4v) is 12.7. The minimum Gasteiger partial charge on any atom is -0.462 e. The van der Waals surface area contributed by atoms with Crippen LogP contribution >= 0.6 is 0 Å². The molecule has 5 saturated carbocycles. The topological polar surface area (TPSA) is 78.7 Å². The van der Waals surface area contributed by atoms with Crippen molar-refractivity contribution in [2.24, 2.45) is 62.6 Å². The summed E-state index contributed by atoms with van der Waals surface area (Å²) in [6.07, 6.45) is 12.9. The molecule has 0 spiro atoms. The molecule has 0 heterocycles. The molecule has 0 aliphatic heterocycles. The molecule has 5 rings (SSSR count). The molecule has 0 N–H and O–H groups in total. The first kappa shape index (κ1) is 29.2. The Labute approximate surface area is 236 Å². The Kier molecular flexibility index (Phi) is 7.19. The smallest absolute Gasteiger partial charge is 0.302 e. The second kappa shape index (κ2) is 9.61. The molecule has 222 valence electrons. The maximum absolute atomic E-state index is 11.9. The van der Waals surface area contributed by atoms with Gasteiger partial charge >= 0.3 is 5.97 Å². The normalized spacial score (nSPS) is 48.3. The van der Waals surface area contributed by atoms with Crippen molar-refractivity contribution in [2.45, 2.75) is 132 Å². The van der Waals surface area contributed by atoms with Crippen molar-refractivity contribution in [3.05, 3.63) is 10.1 Å². The van der Waals surface area contributed by atoms with Crippen LogP contribution in [0.4, 0.5) is 0 Å². The Morgan fingerprint density at radius 2 is 1.62 bits per heavy atom. The second-order valence-electron chi connectivity index (χ2n) is 16.3. The summed E-state index contributed by atoms with van der Waals surface area (Å²) < 4.78 is 5.92. The molecule has 0 aromatic heterocycles. The van der Waals surface area contributed by atoms with Gasteiger partial charge in [-0.3, -0.25) is 4.79 Å². The number of fused-ring (bicyclic) bond motifs is 7. The van der Waals surface area contributed by atoms with E-state index in [1.165, 1.54) is 51.4 Å². The number of carbonyl (C=O) groups is 1. The lowest BCUT2D eigenvalue weighted by Gasteiger charge is -2.73. The van der Waals surface area contributed by atoms with E-state index in [4.69, 9.17) is 9.57 Å². The zero-order valence-electron chi connectivity index (χ0n) is 26.0. The van der Waals surface area contributed by atoms with E-state index in [2.05, 4.69) is 48.5 Å². The van der Waals surface area contributed by atoms with Gasteiger partial charge in [-0.05, 0) is 128 Å². The molecule has 5 aliphatic carbocycles. The summed E-state index contributed by atoms with van der Waals surface area (Å²) >= 11 is 0. The van der Waals surface area contributed by atoms with Crippen molar-refractivity contribution in [2.75, 3.05) is 6.61 Å². The standard InChI is InChI=1S/C33H55NO5/c1-21(2)23-11-16-33(19-20-38-34(36)37)18-17-31(7)24(28(23)33)9-10-26-30(6)14-13-27(39-22(3)35)29(4,5)25(30)12-15-32(26,31)8/h21,23-28H,9-20H2,1-8H3/t23-,24-,25-,26+,27-,28-,30-,31-,32+,33+/m1/s1. The van der Waals surface area contributed by atoms with Gasteiger partial charge in [-0.15, -0.1) is 10.1 Å². The van der Waals surface area contributed by atoms with Crippen molar-refractivity contribution < 1.29 is 19.5 Å². The van der Waals surface area contributed by atoms with E-state index in [1.54, 1.807) is 6.92 Å². The molecule has 6 nitrogen and oxygen atoms in total. The molecule has 0 aromatic rings. The average Bonchev–Trinajstić information content (AvgIpc) is 3.21. The third-order valence-corrected chi connectivity index (χ3v) is 14.6. The van der Waals surface area contributed by atoms with Crippen LogP contribution in [-0.2, 0) is 14.4 Å². The number of rotatable bonds is 6. The molecule has 0 radical (unpaired) electrons. The number of ether oxygens (including phenoxy) is 1. The lowest BCUT2D eigenvalue weighted by Crippen LogP contribution is -2.66. The molecule has 10 atom stereocenters. The van der Waals surface area contributed by atoms with Crippen molar-refractivity contribution in [1.29, 1.82) is 0 Å². The molecule has 0 saturated heterocycles. The lowest BCUT2D eigenvalue weighted by atomic mass is 9.32. The largest absolute Gasteiger partial charge is 0.462 e. The zero-order chi connectivity index (χ0) is 28.6. The van der Waals surface area contributed by atoms with Gasteiger partial charge in [-0.25, -0.2) is 0 Å². The van der Waals surface area contributed by atoms with E-state index in [-0.39, 0.29) is 40.3 Å². The second-order valence-corrected chi connectivity index (χ2v) is 16.3. The number of carbonyl (C=O) groups excluding carboxylic acids is 1. The van der Waals surface area contributed by atoms with Gasteiger partial charge in [0.05, 0.1) is 6.61 Å².